The molecule has 2 saturated heterocycles. The van der Waals surface area contributed by atoms with Gasteiger partial charge in [0.2, 0.25) is 5.91 Å². The lowest BCUT2D eigenvalue weighted by molar-refractivity contribution is -0.136. The molecule has 1 spiro atoms. The number of nitrogens with zero attached hydrogens (tertiary/aromatic N) is 6. The van der Waals surface area contributed by atoms with Gasteiger partial charge in [-0.1, -0.05) is 36.4 Å². The van der Waals surface area contributed by atoms with Crippen molar-refractivity contribution >= 4 is 23.3 Å². The second-order valence-corrected chi connectivity index (χ2v) is 11.0. The maximum atomic E-state index is 12.1. The van der Waals surface area contributed by atoms with E-state index in [1.54, 1.807) is 0 Å². The van der Waals surface area contributed by atoms with Crippen molar-refractivity contribution in [3.05, 3.63) is 76.7 Å². The monoisotopic (exact) mass is 512 g/mol. The number of aromatic nitrogens is 3. The number of carbonyl (C=O) groups is 1. The van der Waals surface area contributed by atoms with Crippen molar-refractivity contribution in [2.75, 3.05) is 31.1 Å². The Morgan fingerprint density at radius 2 is 2.08 bits per heavy atom. The lowest BCUT2D eigenvalue weighted by Gasteiger charge is -2.47. The fourth-order valence-electron chi connectivity index (χ4n) is 6.51. The van der Waals surface area contributed by atoms with Crippen LogP contribution in [0.4, 0.5) is 5.82 Å². The van der Waals surface area contributed by atoms with Crippen molar-refractivity contribution in [3.8, 4) is 17.2 Å². The zero-order valence-electron chi connectivity index (χ0n) is 21.0. The first kappa shape index (κ1) is 23.7. The number of hydrogen-bond acceptors (Lipinski definition) is 5. The quantitative estimate of drug-likeness (QED) is 0.481. The van der Waals surface area contributed by atoms with E-state index < -0.39 is 0 Å². The summed E-state index contributed by atoms with van der Waals surface area (Å²) in [6.45, 7) is 6.65. The number of halogens is 1. The Morgan fingerprint density at radius 3 is 2.78 bits per heavy atom. The molecule has 188 valence electrons. The number of fused-ring (bicyclic) bond motifs is 1. The number of benzene rings is 1. The highest BCUT2D eigenvalue weighted by Gasteiger charge is 2.49. The fourth-order valence-corrected chi connectivity index (χ4v) is 6.74. The molecule has 3 aliphatic rings. The molecule has 7 nitrogen and oxygen atoms in total. The van der Waals surface area contributed by atoms with E-state index >= 15 is 0 Å². The second-order valence-electron chi connectivity index (χ2n) is 10.6. The Kier molecular flexibility index (Phi) is 5.80. The van der Waals surface area contributed by atoms with Crippen LogP contribution in [0, 0.1) is 16.7 Å². The van der Waals surface area contributed by atoms with Crippen LogP contribution < -0.4 is 4.90 Å². The number of pyridine rings is 1. The summed E-state index contributed by atoms with van der Waals surface area (Å²) < 4.78 is 1.95. The molecular weight excluding hydrogens is 484 g/mol. The van der Waals surface area contributed by atoms with Crippen LogP contribution in [-0.4, -0.2) is 51.8 Å². The fraction of sp³-hybridized carbons (Fsp3) is 0.379. The van der Waals surface area contributed by atoms with Gasteiger partial charge in [-0.2, -0.15) is 10.4 Å². The predicted molar refractivity (Wildman–Crippen MR) is 143 cm³/mol. The number of anilines is 1. The van der Waals surface area contributed by atoms with Crippen molar-refractivity contribution in [2.45, 2.75) is 31.6 Å². The summed E-state index contributed by atoms with van der Waals surface area (Å²) in [5.41, 5.74) is 5.84. The molecule has 0 saturated carbocycles. The number of rotatable bonds is 4. The van der Waals surface area contributed by atoms with Crippen LogP contribution in [0.3, 0.4) is 0 Å². The third kappa shape index (κ3) is 3.91. The second kappa shape index (κ2) is 9.04. The standard InChI is InChI=1S/C29H29ClN6O/c1-3-26(37)36-17-29(18-36)11-13-35(16-29)28-22(15-31)27(20-6-4-5-7-23(20)30)21-9-8-19(14-24(21)33-28)25-10-12-32-34(25)2/h3-7,10,12,19H,1,8-9,11,13-14,16-18H2,2H3. The first-order valence-corrected chi connectivity index (χ1v) is 13.2. The number of aryl methyl sites for hydroxylation is 1. The molecule has 1 aromatic carbocycles. The molecular formula is C29H29ClN6O. The van der Waals surface area contributed by atoms with Crippen LogP contribution in [-0.2, 0) is 24.7 Å². The Morgan fingerprint density at radius 1 is 1.27 bits per heavy atom. The zero-order valence-corrected chi connectivity index (χ0v) is 21.7. The van der Waals surface area contributed by atoms with Gasteiger partial charge in [-0.15, -0.1) is 0 Å². The normalized spacial score (nSPS) is 19.9. The number of likely N-dealkylation sites (tertiary alicyclic amines) is 1. The van der Waals surface area contributed by atoms with Gasteiger partial charge >= 0.3 is 0 Å². The van der Waals surface area contributed by atoms with Crippen LogP contribution in [0.2, 0.25) is 5.02 Å². The van der Waals surface area contributed by atoms with E-state index in [4.69, 9.17) is 16.6 Å². The predicted octanol–water partition coefficient (Wildman–Crippen LogP) is 4.50. The largest absolute Gasteiger partial charge is 0.355 e. The van der Waals surface area contributed by atoms with Gasteiger partial charge in [0.1, 0.15) is 17.5 Å². The molecule has 0 N–H and O–H groups in total. The molecule has 1 unspecified atom stereocenters. The molecule has 6 rings (SSSR count). The Bertz CT molecular complexity index is 1450. The van der Waals surface area contributed by atoms with Gasteiger partial charge in [0.05, 0.1) is 0 Å². The molecule has 37 heavy (non-hydrogen) atoms. The molecule has 8 heteroatoms. The molecule has 1 amide bonds. The highest BCUT2D eigenvalue weighted by atomic mass is 35.5. The SMILES string of the molecule is C=CC(=O)N1CC2(CCN(c3nc4c(c(-c5ccccc5Cl)c3C#N)CCC(c3ccnn3C)C4)C2)C1. The lowest BCUT2D eigenvalue weighted by Crippen LogP contribution is -2.59. The molecule has 1 aliphatic carbocycles. The van der Waals surface area contributed by atoms with Crippen molar-refractivity contribution in [2.24, 2.45) is 12.5 Å². The molecule has 2 aromatic heterocycles. The van der Waals surface area contributed by atoms with E-state index in [0.29, 0.717) is 16.5 Å². The first-order chi connectivity index (χ1) is 17.9. The number of carbonyl (C=O) groups excluding carboxylic acids is 1. The van der Waals surface area contributed by atoms with Gasteiger partial charge in [-0.3, -0.25) is 9.48 Å². The Labute approximate surface area is 222 Å². The van der Waals surface area contributed by atoms with Gasteiger partial charge < -0.3 is 9.80 Å². The van der Waals surface area contributed by atoms with Crippen LogP contribution in [0.5, 0.6) is 0 Å². The summed E-state index contributed by atoms with van der Waals surface area (Å²) in [7, 11) is 1.99. The summed E-state index contributed by atoms with van der Waals surface area (Å²) in [6.07, 6.45) is 6.79. The van der Waals surface area contributed by atoms with E-state index in [1.807, 2.05) is 47.1 Å². The molecule has 2 fully saturated rings. The van der Waals surface area contributed by atoms with E-state index in [-0.39, 0.29) is 11.3 Å². The van der Waals surface area contributed by atoms with Gasteiger partial charge in [0, 0.05) is 78.3 Å². The molecule has 2 aliphatic heterocycles. The van der Waals surface area contributed by atoms with Gasteiger partial charge in [0.25, 0.3) is 0 Å². The first-order valence-electron chi connectivity index (χ1n) is 12.8. The summed E-state index contributed by atoms with van der Waals surface area (Å²) in [4.78, 5) is 21.3. The maximum absolute atomic E-state index is 12.1. The van der Waals surface area contributed by atoms with Crippen LogP contribution in [0.15, 0.2) is 49.2 Å². The summed E-state index contributed by atoms with van der Waals surface area (Å²) >= 11 is 6.71. The van der Waals surface area contributed by atoms with Crippen LogP contribution >= 0.6 is 11.6 Å². The van der Waals surface area contributed by atoms with E-state index in [1.165, 1.54) is 11.8 Å². The van der Waals surface area contributed by atoms with Crippen molar-refractivity contribution in [1.82, 2.24) is 19.7 Å². The minimum Gasteiger partial charge on any atom is -0.355 e. The average Bonchev–Trinajstić information content (AvgIpc) is 3.53. The third-order valence-corrected chi connectivity index (χ3v) is 8.69. The molecule has 4 heterocycles. The van der Waals surface area contributed by atoms with E-state index in [0.717, 1.165) is 80.1 Å². The van der Waals surface area contributed by atoms with Crippen molar-refractivity contribution < 1.29 is 4.79 Å². The average molecular weight is 513 g/mol. The zero-order chi connectivity index (χ0) is 25.7. The van der Waals surface area contributed by atoms with Crippen molar-refractivity contribution in [3.63, 3.8) is 0 Å². The van der Waals surface area contributed by atoms with E-state index in [9.17, 15) is 10.1 Å². The van der Waals surface area contributed by atoms with Crippen LogP contribution in [0.25, 0.3) is 11.1 Å². The van der Waals surface area contributed by atoms with Crippen LogP contribution in [0.1, 0.15) is 41.3 Å². The van der Waals surface area contributed by atoms with Gasteiger partial charge in [-0.05, 0) is 49.5 Å². The summed E-state index contributed by atoms with van der Waals surface area (Å²) in [5, 5.41) is 15.5. The third-order valence-electron chi connectivity index (χ3n) is 8.36. The lowest BCUT2D eigenvalue weighted by atomic mass is 9.79. The van der Waals surface area contributed by atoms with Gasteiger partial charge in [0.15, 0.2) is 0 Å². The Balaban J connectivity index is 1.42. The minimum absolute atomic E-state index is 0.0177. The number of amides is 1. The number of nitriles is 1. The molecule has 3 aromatic rings. The molecule has 0 radical (unpaired) electrons. The van der Waals surface area contributed by atoms with Crippen molar-refractivity contribution in [1.29, 1.82) is 5.26 Å². The van der Waals surface area contributed by atoms with Gasteiger partial charge in [-0.25, -0.2) is 4.98 Å². The highest BCUT2D eigenvalue weighted by Crippen LogP contribution is 2.46. The minimum atomic E-state index is -0.0177. The molecule has 1 atom stereocenters. The maximum Gasteiger partial charge on any atom is 0.245 e. The highest BCUT2D eigenvalue weighted by molar-refractivity contribution is 6.33. The molecule has 0 bridgehead atoms. The smallest absolute Gasteiger partial charge is 0.245 e. The Hall–Kier alpha value is -3.63. The summed E-state index contributed by atoms with van der Waals surface area (Å²) in [6, 6.07) is 12.4. The number of hydrogen-bond donors (Lipinski definition) is 0. The van der Waals surface area contributed by atoms with E-state index in [2.05, 4.69) is 28.7 Å². The summed E-state index contributed by atoms with van der Waals surface area (Å²) in [5.74, 6) is 1.05. The topological polar surface area (TPSA) is 78.1 Å².